The monoisotopic (exact) mass is 537 g/mol. The second kappa shape index (κ2) is 11.3. The molecule has 8 nitrogen and oxygen atoms in total. The molecule has 0 radical (unpaired) electrons. The molecule has 0 atom stereocenters. The zero-order valence-corrected chi connectivity index (χ0v) is 23.0. The van der Waals surface area contributed by atoms with Crippen LogP contribution in [0.15, 0.2) is 89.9 Å². The van der Waals surface area contributed by atoms with Crippen LogP contribution in [-0.4, -0.2) is 64.6 Å². The van der Waals surface area contributed by atoms with E-state index in [1.807, 2.05) is 97.6 Å². The largest absolute Gasteiger partial charge is 0.369 e. The van der Waals surface area contributed by atoms with Crippen molar-refractivity contribution >= 4 is 23.7 Å². The quantitative estimate of drug-likeness (QED) is 0.498. The first-order valence-corrected chi connectivity index (χ1v) is 13.7. The number of benzene rings is 3. The normalized spacial score (nSPS) is 16.8. The van der Waals surface area contributed by atoms with Crippen LogP contribution in [0.25, 0.3) is 0 Å². The number of aliphatic imine (C=N–C) groups is 1. The summed E-state index contributed by atoms with van der Waals surface area (Å²) in [5.74, 6) is 0.260. The first kappa shape index (κ1) is 27.1. The van der Waals surface area contributed by atoms with Gasteiger partial charge in [-0.2, -0.15) is 0 Å². The zero-order chi connectivity index (χ0) is 28.3. The van der Waals surface area contributed by atoms with E-state index in [9.17, 15) is 14.4 Å². The standard InChI is InChI=1S/C32H35N5O3/c1-23(2)20-28(38)35-16-18-36(19-17-35)29(39)25-11-9-10-24(21-25)22-37-30(40)32(34-31(37)33,26-12-5-3-6-13-26)27-14-7-4-8-15-27/h3-15,21,23H,16-20,22H2,1-2H3,(H2,33,34). The maximum Gasteiger partial charge on any atom is 0.266 e. The van der Waals surface area contributed by atoms with Crippen molar-refractivity contribution in [3.63, 3.8) is 0 Å². The van der Waals surface area contributed by atoms with Crippen LogP contribution in [0.1, 0.15) is 47.3 Å². The summed E-state index contributed by atoms with van der Waals surface area (Å²) in [7, 11) is 0. The van der Waals surface area contributed by atoms with Crippen molar-refractivity contribution in [3.05, 3.63) is 107 Å². The van der Waals surface area contributed by atoms with Gasteiger partial charge < -0.3 is 15.5 Å². The number of carbonyl (C=O) groups excluding carboxylic acids is 3. The smallest absolute Gasteiger partial charge is 0.266 e. The minimum atomic E-state index is -1.27. The van der Waals surface area contributed by atoms with E-state index in [1.165, 1.54) is 4.90 Å². The molecule has 8 heteroatoms. The first-order chi connectivity index (χ1) is 19.3. The highest BCUT2D eigenvalue weighted by Crippen LogP contribution is 2.40. The average molecular weight is 538 g/mol. The lowest BCUT2D eigenvalue weighted by Gasteiger charge is -2.35. The van der Waals surface area contributed by atoms with Gasteiger partial charge in [-0.15, -0.1) is 0 Å². The van der Waals surface area contributed by atoms with Crippen LogP contribution in [0.5, 0.6) is 0 Å². The van der Waals surface area contributed by atoms with Crippen molar-refractivity contribution in [2.45, 2.75) is 32.4 Å². The molecule has 3 amide bonds. The summed E-state index contributed by atoms with van der Waals surface area (Å²) >= 11 is 0. The molecule has 0 bridgehead atoms. The van der Waals surface area contributed by atoms with Gasteiger partial charge in [-0.3, -0.25) is 19.3 Å². The highest BCUT2D eigenvalue weighted by molar-refractivity contribution is 6.09. The number of carbonyl (C=O) groups is 3. The molecular formula is C32H35N5O3. The van der Waals surface area contributed by atoms with Gasteiger partial charge >= 0.3 is 0 Å². The summed E-state index contributed by atoms with van der Waals surface area (Å²) in [5.41, 5.74) is 7.93. The first-order valence-electron chi connectivity index (χ1n) is 13.7. The Morgan fingerprint density at radius 3 is 2.00 bits per heavy atom. The van der Waals surface area contributed by atoms with Crippen molar-refractivity contribution in [3.8, 4) is 0 Å². The molecule has 2 aliphatic heterocycles. The Morgan fingerprint density at radius 1 is 0.850 bits per heavy atom. The van der Waals surface area contributed by atoms with Crippen molar-refractivity contribution in [1.82, 2.24) is 14.7 Å². The van der Waals surface area contributed by atoms with Crippen molar-refractivity contribution in [1.29, 1.82) is 0 Å². The van der Waals surface area contributed by atoms with Gasteiger partial charge in [0.1, 0.15) is 0 Å². The van der Waals surface area contributed by atoms with E-state index in [1.54, 1.807) is 11.0 Å². The van der Waals surface area contributed by atoms with Crippen LogP contribution in [0, 0.1) is 5.92 Å². The number of amides is 3. The SMILES string of the molecule is CC(C)CC(=O)N1CCN(C(=O)c2cccc(CN3C(=O)C(c4ccccc4)(c4ccccc4)N=C3N)c2)CC1. The topological polar surface area (TPSA) is 99.3 Å². The predicted octanol–water partition coefficient (Wildman–Crippen LogP) is 3.62. The van der Waals surface area contributed by atoms with Gasteiger partial charge in [0, 0.05) is 38.2 Å². The molecule has 2 aliphatic rings. The number of hydrogen-bond acceptors (Lipinski definition) is 5. The Bertz CT molecular complexity index is 1370. The number of guanidine groups is 1. The van der Waals surface area contributed by atoms with Crippen LogP contribution < -0.4 is 5.73 Å². The van der Waals surface area contributed by atoms with Crippen LogP contribution >= 0.6 is 0 Å². The van der Waals surface area contributed by atoms with E-state index >= 15 is 0 Å². The van der Waals surface area contributed by atoms with Gasteiger partial charge in [0.05, 0.1) is 6.54 Å². The highest BCUT2D eigenvalue weighted by Gasteiger charge is 2.50. The van der Waals surface area contributed by atoms with Gasteiger partial charge in [-0.05, 0) is 34.7 Å². The van der Waals surface area contributed by atoms with Gasteiger partial charge in [0.25, 0.3) is 11.8 Å². The number of hydrogen-bond donors (Lipinski definition) is 1. The lowest BCUT2D eigenvalue weighted by molar-refractivity contribution is -0.133. The molecule has 0 aromatic heterocycles. The molecule has 0 unspecified atom stereocenters. The van der Waals surface area contributed by atoms with E-state index in [2.05, 4.69) is 0 Å². The van der Waals surface area contributed by atoms with Crippen molar-refractivity contribution < 1.29 is 14.4 Å². The summed E-state index contributed by atoms with van der Waals surface area (Å²) in [6, 6.07) is 26.2. The third kappa shape index (κ3) is 5.21. The minimum Gasteiger partial charge on any atom is -0.369 e. The Balaban J connectivity index is 1.33. The fourth-order valence-electron chi connectivity index (χ4n) is 5.44. The van der Waals surface area contributed by atoms with Crippen LogP contribution in [0.4, 0.5) is 0 Å². The van der Waals surface area contributed by atoms with E-state index in [4.69, 9.17) is 10.7 Å². The second-order valence-corrected chi connectivity index (χ2v) is 10.8. The number of nitrogens with zero attached hydrogens (tertiary/aromatic N) is 4. The molecule has 5 rings (SSSR count). The summed E-state index contributed by atoms with van der Waals surface area (Å²) in [5, 5.41) is 0. The van der Waals surface area contributed by atoms with E-state index in [0.29, 0.717) is 44.1 Å². The molecule has 2 heterocycles. The summed E-state index contributed by atoms with van der Waals surface area (Å²) in [6.45, 7) is 6.31. The molecular weight excluding hydrogens is 502 g/mol. The molecule has 3 aromatic rings. The Hall–Kier alpha value is -4.46. The van der Waals surface area contributed by atoms with E-state index < -0.39 is 5.54 Å². The maximum atomic E-state index is 14.1. The molecule has 206 valence electrons. The van der Waals surface area contributed by atoms with Gasteiger partial charge in [-0.25, -0.2) is 4.99 Å². The molecule has 0 spiro atoms. The lowest BCUT2D eigenvalue weighted by atomic mass is 9.83. The van der Waals surface area contributed by atoms with Gasteiger partial charge in [-0.1, -0.05) is 86.6 Å². The average Bonchev–Trinajstić information content (AvgIpc) is 3.23. The Morgan fingerprint density at radius 2 is 1.43 bits per heavy atom. The van der Waals surface area contributed by atoms with Gasteiger partial charge in [0.2, 0.25) is 5.91 Å². The Kier molecular flexibility index (Phi) is 7.69. The molecule has 0 saturated carbocycles. The summed E-state index contributed by atoms with van der Waals surface area (Å²) < 4.78 is 0. The fraction of sp³-hybridized carbons (Fsp3) is 0.312. The molecule has 40 heavy (non-hydrogen) atoms. The lowest BCUT2D eigenvalue weighted by Crippen LogP contribution is -2.50. The van der Waals surface area contributed by atoms with Crippen molar-refractivity contribution in [2.75, 3.05) is 26.2 Å². The van der Waals surface area contributed by atoms with E-state index in [0.717, 1.165) is 16.7 Å². The zero-order valence-electron chi connectivity index (χ0n) is 23.0. The number of piperazine rings is 1. The van der Waals surface area contributed by atoms with Crippen LogP contribution in [-0.2, 0) is 21.7 Å². The Labute approximate surface area is 235 Å². The molecule has 1 fully saturated rings. The molecule has 0 aliphatic carbocycles. The third-order valence-electron chi connectivity index (χ3n) is 7.51. The summed E-state index contributed by atoms with van der Waals surface area (Å²) in [6.07, 6.45) is 0.521. The predicted molar refractivity (Wildman–Crippen MR) is 154 cm³/mol. The van der Waals surface area contributed by atoms with E-state index in [-0.39, 0.29) is 30.2 Å². The maximum absolute atomic E-state index is 14.1. The summed E-state index contributed by atoms with van der Waals surface area (Å²) in [4.78, 5) is 49.7. The highest BCUT2D eigenvalue weighted by atomic mass is 16.2. The third-order valence-corrected chi connectivity index (χ3v) is 7.51. The molecule has 1 saturated heterocycles. The second-order valence-electron chi connectivity index (χ2n) is 10.8. The number of nitrogens with two attached hydrogens (primary N) is 1. The van der Waals surface area contributed by atoms with Gasteiger partial charge in [0.15, 0.2) is 11.5 Å². The van der Waals surface area contributed by atoms with Crippen LogP contribution in [0.2, 0.25) is 0 Å². The molecule has 2 N–H and O–H groups in total. The van der Waals surface area contributed by atoms with Crippen LogP contribution in [0.3, 0.4) is 0 Å². The molecule has 3 aromatic carbocycles. The van der Waals surface area contributed by atoms with Crippen molar-refractivity contribution in [2.24, 2.45) is 16.6 Å². The fourth-order valence-corrected chi connectivity index (χ4v) is 5.44. The number of rotatable bonds is 7. The minimum absolute atomic E-state index is 0.0879.